The highest BCUT2D eigenvalue weighted by Gasteiger charge is 2.50. The highest BCUT2D eigenvalue weighted by molar-refractivity contribution is 8.13. The number of fused-ring (bicyclic) bond motifs is 1. The van der Waals surface area contributed by atoms with Gasteiger partial charge in [-0.25, -0.2) is 28.6 Å². The Kier molecular flexibility index (Phi) is 16.6. The Hall–Kier alpha value is -2.77. The van der Waals surface area contributed by atoms with Crippen LogP contribution in [0.4, 0.5) is 5.82 Å². The normalized spacial score (nSPS) is 21.8. The number of carbonyl (C=O) groups excluding carboxylic acids is 4. The van der Waals surface area contributed by atoms with Gasteiger partial charge < -0.3 is 50.9 Å². The summed E-state index contributed by atoms with van der Waals surface area (Å²) in [4.78, 5) is 98.3. The molecule has 1 aliphatic rings. The SMILES string of the molecule is CCC(=O)CC(=O)SCCNC(=O)CCNC(=O)[C@H](O)C(C)(C)COP(=O)(O)OP(=O)(O)OC[C@H]1O[C@@H](n2cnc3c(N)ncnc32)[C@H](O)[C@@H]1OP(=O)(O)O. The number of hydrogen-bond donors (Lipinski definition) is 9. The Morgan fingerprint density at radius 1 is 1.05 bits per heavy atom. The molecule has 10 N–H and O–H groups in total. The number of rotatable bonds is 22. The quantitative estimate of drug-likeness (QED) is 0.0391. The number of aliphatic hydroxyl groups excluding tert-OH is 2. The van der Waals surface area contributed by atoms with Gasteiger partial charge in [-0.15, -0.1) is 0 Å². The van der Waals surface area contributed by atoms with E-state index in [0.717, 1.165) is 29.0 Å². The number of nitrogens with zero attached hydrogens (tertiary/aromatic N) is 4. The molecule has 0 aromatic carbocycles. The van der Waals surface area contributed by atoms with Crippen LogP contribution in [0.3, 0.4) is 0 Å². The molecule has 0 radical (unpaired) electrons. The molecule has 3 rings (SSSR count). The number of amides is 2. The van der Waals surface area contributed by atoms with E-state index in [0.29, 0.717) is 0 Å². The molecule has 1 aliphatic heterocycles. The topological polar surface area (TPSA) is 381 Å². The van der Waals surface area contributed by atoms with Crippen molar-refractivity contribution >= 4 is 74.9 Å². The van der Waals surface area contributed by atoms with Crippen molar-refractivity contribution < 1.29 is 85.3 Å². The van der Waals surface area contributed by atoms with Crippen molar-refractivity contribution in [3.05, 3.63) is 12.7 Å². The van der Waals surface area contributed by atoms with E-state index in [1.807, 2.05) is 0 Å². The number of nitrogen functional groups attached to an aromatic ring is 1. The number of thioether (sulfide) groups is 1. The molecule has 0 bridgehead atoms. The molecule has 2 aromatic heterocycles. The van der Waals surface area contributed by atoms with Gasteiger partial charge in [-0.2, -0.15) is 4.31 Å². The Bertz CT molecular complexity index is 1850. The molecule has 2 aromatic rings. The van der Waals surface area contributed by atoms with Gasteiger partial charge in [-0.3, -0.25) is 37.3 Å². The average Bonchev–Trinajstić information content (AvgIpc) is 3.64. The first-order valence-electron chi connectivity index (χ1n) is 16.0. The second-order valence-electron chi connectivity index (χ2n) is 12.4. The summed E-state index contributed by atoms with van der Waals surface area (Å²) in [5.74, 6) is -1.51. The Balaban J connectivity index is 1.49. The van der Waals surface area contributed by atoms with E-state index in [2.05, 4.69) is 34.4 Å². The maximum absolute atomic E-state index is 12.7. The van der Waals surface area contributed by atoms with Crippen LogP contribution < -0.4 is 16.4 Å². The summed E-state index contributed by atoms with van der Waals surface area (Å²) in [7, 11) is -16.4. The molecule has 29 heteroatoms. The zero-order valence-electron chi connectivity index (χ0n) is 29.4. The molecule has 55 heavy (non-hydrogen) atoms. The largest absolute Gasteiger partial charge is 0.481 e. The molecule has 25 nitrogen and oxygen atoms in total. The van der Waals surface area contributed by atoms with Crippen molar-refractivity contribution in [2.45, 2.75) is 70.7 Å². The van der Waals surface area contributed by atoms with Gasteiger partial charge in [-0.1, -0.05) is 32.5 Å². The highest BCUT2D eigenvalue weighted by Crippen LogP contribution is 2.61. The van der Waals surface area contributed by atoms with E-state index in [4.69, 9.17) is 19.5 Å². The van der Waals surface area contributed by atoms with E-state index in [1.165, 1.54) is 13.8 Å². The van der Waals surface area contributed by atoms with Gasteiger partial charge in [0.15, 0.2) is 22.8 Å². The minimum Gasteiger partial charge on any atom is -0.386 e. The summed E-state index contributed by atoms with van der Waals surface area (Å²) in [6, 6.07) is 0. The summed E-state index contributed by atoms with van der Waals surface area (Å²) in [6.45, 7) is 1.95. The first-order chi connectivity index (χ1) is 25.4. The van der Waals surface area contributed by atoms with Crippen molar-refractivity contribution in [3.63, 3.8) is 0 Å². The van der Waals surface area contributed by atoms with E-state index in [1.54, 1.807) is 6.92 Å². The van der Waals surface area contributed by atoms with Crippen LogP contribution in [0.25, 0.3) is 11.2 Å². The highest BCUT2D eigenvalue weighted by atomic mass is 32.2. The second-order valence-corrected chi connectivity index (χ2v) is 17.7. The first-order valence-corrected chi connectivity index (χ1v) is 21.5. The second kappa shape index (κ2) is 19.6. The Labute approximate surface area is 316 Å². The molecule has 0 aliphatic carbocycles. The van der Waals surface area contributed by atoms with Gasteiger partial charge in [0.05, 0.1) is 26.0 Å². The van der Waals surface area contributed by atoms with Gasteiger partial charge in [-0.05, 0) is 0 Å². The number of imidazole rings is 1. The number of carbonyl (C=O) groups is 4. The first kappa shape index (κ1) is 46.6. The number of aliphatic hydroxyl groups is 2. The Morgan fingerprint density at radius 2 is 1.73 bits per heavy atom. The summed E-state index contributed by atoms with van der Waals surface area (Å²) in [6.07, 6.45) is -6.97. The maximum Gasteiger partial charge on any atom is 0.481 e. The number of nitrogens with one attached hydrogen (secondary N) is 2. The number of hydrogen-bond acceptors (Lipinski definition) is 19. The van der Waals surface area contributed by atoms with E-state index < -0.39 is 84.6 Å². The number of ether oxygens (including phenoxy) is 1. The number of nitrogens with two attached hydrogens (primary N) is 1. The fourth-order valence-electron chi connectivity index (χ4n) is 4.63. The molecule has 3 heterocycles. The molecule has 2 amide bonds. The lowest BCUT2D eigenvalue weighted by molar-refractivity contribution is -0.137. The molecular weight excluding hydrogens is 823 g/mol. The fraction of sp³-hybridized carbons (Fsp3) is 0.654. The van der Waals surface area contributed by atoms with Crippen molar-refractivity contribution in [3.8, 4) is 0 Å². The number of phosphoric ester groups is 3. The molecule has 0 spiro atoms. The van der Waals surface area contributed by atoms with Crippen molar-refractivity contribution in [2.75, 3.05) is 37.8 Å². The third kappa shape index (κ3) is 14.3. The molecule has 1 saturated heterocycles. The monoisotopic (exact) mass is 865 g/mol. The minimum atomic E-state index is -5.58. The summed E-state index contributed by atoms with van der Waals surface area (Å²) < 4.78 is 61.9. The summed E-state index contributed by atoms with van der Waals surface area (Å²) >= 11 is 0.893. The molecule has 2 unspecified atom stereocenters. The van der Waals surface area contributed by atoms with Crippen molar-refractivity contribution in [2.24, 2.45) is 5.41 Å². The van der Waals surface area contributed by atoms with Crippen LogP contribution in [0.5, 0.6) is 0 Å². The summed E-state index contributed by atoms with van der Waals surface area (Å²) in [5.41, 5.74) is 4.22. The lowest BCUT2D eigenvalue weighted by Gasteiger charge is -2.30. The molecule has 310 valence electrons. The molecule has 0 saturated carbocycles. The third-order valence-electron chi connectivity index (χ3n) is 7.50. The predicted octanol–water partition coefficient (Wildman–Crippen LogP) is -0.966. The van der Waals surface area contributed by atoms with Gasteiger partial charge in [0, 0.05) is 37.1 Å². The summed E-state index contributed by atoms with van der Waals surface area (Å²) in [5, 5.41) is 25.9. The molecular formula is C26H42N7O18P3S. The number of ketones is 1. The van der Waals surface area contributed by atoms with Crippen LogP contribution >= 0.6 is 35.2 Å². The van der Waals surface area contributed by atoms with Crippen molar-refractivity contribution in [1.29, 1.82) is 0 Å². The number of phosphoric acid groups is 3. The number of anilines is 1. The lowest BCUT2D eigenvalue weighted by Crippen LogP contribution is -2.46. The lowest BCUT2D eigenvalue weighted by atomic mass is 9.87. The minimum absolute atomic E-state index is 0.0243. The standard InChI is InChI=1S/C26H42N7O18P3S/c1-4-14(34)9-17(36)55-8-7-28-16(35)5-6-29-24(39)21(38)26(2,3)11-48-54(45,46)51-53(43,44)47-10-15-20(50-52(40,41)42)19(37)25(49-15)33-13-32-18-22(27)30-12-31-23(18)33/h12-13,15,19-21,25,37-38H,4-11H2,1-3H3,(H,28,35)(H,29,39)(H,43,44)(H,45,46)(H2,27,30,31)(H2,40,41,42)/t15-,19-,20-,21+,25-/m1/s1. The Morgan fingerprint density at radius 3 is 2.38 bits per heavy atom. The smallest absolute Gasteiger partial charge is 0.386 e. The van der Waals surface area contributed by atoms with Crippen LogP contribution in [0.2, 0.25) is 0 Å². The van der Waals surface area contributed by atoms with Crippen LogP contribution in [0.1, 0.15) is 46.3 Å². The van der Waals surface area contributed by atoms with Crippen LogP contribution in [0, 0.1) is 5.41 Å². The van der Waals surface area contributed by atoms with E-state index in [9.17, 15) is 62.7 Å². The molecule has 1 fully saturated rings. The van der Waals surface area contributed by atoms with E-state index >= 15 is 0 Å². The van der Waals surface area contributed by atoms with Crippen molar-refractivity contribution in [1.82, 2.24) is 30.2 Å². The third-order valence-corrected chi connectivity index (χ3v) is 11.5. The number of aromatic nitrogens is 4. The van der Waals surface area contributed by atoms with Crippen LogP contribution in [0.15, 0.2) is 12.7 Å². The van der Waals surface area contributed by atoms with Gasteiger partial charge in [0.1, 0.15) is 42.0 Å². The number of Topliss-reactive ketones (excluding diaryl/α,β-unsaturated/α-hetero) is 1. The maximum atomic E-state index is 12.7. The zero-order chi connectivity index (χ0) is 41.4. The van der Waals surface area contributed by atoms with Gasteiger partial charge in [0.2, 0.25) is 11.8 Å². The molecule has 7 atom stereocenters. The van der Waals surface area contributed by atoms with Crippen LogP contribution in [-0.4, -0.2) is 128 Å². The average molecular weight is 866 g/mol. The predicted molar refractivity (Wildman–Crippen MR) is 187 cm³/mol. The van der Waals surface area contributed by atoms with Gasteiger partial charge >= 0.3 is 23.5 Å². The van der Waals surface area contributed by atoms with Crippen LogP contribution in [-0.2, 0) is 55.5 Å². The zero-order valence-corrected chi connectivity index (χ0v) is 32.9. The van der Waals surface area contributed by atoms with Gasteiger partial charge in [0.25, 0.3) is 0 Å². The van der Waals surface area contributed by atoms with E-state index in [-0.39, 0.29) is 66.0 Å². The fourth-order valence-corrected chi connectivity index (χ4v) is 8.16.